The summed E-state index contributed by atoms with van der Waals surface area (Å²) in [5.41, 5.74) is 4.86. The van der Waals surface area contributed by atoms with E-state index in [1.165, 1.54) is 12.0 Å². The summed E-state index contributed by atoms with van der Waals surface area (Å²) in [6.07, 6.45) is 5.80. The number of pyridine rings is 1. The molecule has 1 aromatic heterocycles. The van der Waals surface area contributed by atoms with Crippen LogP contribution in [0.15, 0.2) is 66.7 Å². The van der Waals surface area contributed by atoms with Crippen molar-refractivity contribution in [2.75, 3.05) is 31.5 Å². The van der Waals surface area contributed by atoms with Gasteiger partial charge in [0.05, 0.1) is 0 Å². The average molecular weight is 513 g/mol. The second-order valence-corrected chi connectivity index (χ2v) is 10.4. The highest BCUT2D eigenvalue weighted by molar-refractivity contribution is 5.97. The van der Waals surface area contributed by atoms with Crippen molar-refractivity contribution in [2.45, 2.75) is 44.6 Å². The minimum Gasteiger partial charge on any atom is -0.480 e. The van der Waals surface area contributed by atoms with Crippen LogP contribution in [-0.4, -0.2) is 59.1 Å². The van der Waals surface area contributed by atoms with Crippen LogP contribution in [0.3, 0.4) is 0 Å². The SMILES string of the molecule is O=C(NC(CCN1CC[C@@H](CCc2ccc3c(n2)NCCC3)C1)C(=O)O)c1cccc(-c2ccccc2)c1. The van der Waals surface area contributed by atoms with E-state index in [1.807, 2.05) is 48.5 Å². The first-order valence-electron chi connectivity index (χ1n) is 13.7. The zero-order valence-electron chi connectivity index (χ0n) is 21.7. The third kappa shape index (κ3) is 6.58. The molecule has 0 spiro atoms. The molecule has 1 fully saturated rings. The van der Waals surface area contributed by atoms with Crippen LogP contribution in [0, 0.1) is 5.92 Å². The van der Waals surface area contributed by atoms with Gasteiger partial charge in [-0.2, -0.15) is 0 Å². The number of rotatable bonds is 10. The van der Waals surface area contributed by atoms with E-state index in [0.29, 0.717) is 24.4 Å². The number of hydrogen-bond acceptors (Lipinski definition) is 5. The fraction of sp³-hybridized carbons (Fsp3) is 0.387. The molecule has 5 rings (SSSR count). The van der Waals surface area contributed by atoms with Gasteiger partial charge in [-0.25, -0.2) is 9.78 Å². The second kappa shape index (κ2) is 12.2. The Balaban J connectivity index is 1.10. The van der Waals surface area contributed by atoms with Crippen molar-refractivity contribution in [2.24, 2.45) is 5.92 Å². The van der Waals surface area contributed by atoms with Crippen LogP contribution in [-0.2, 0) is 17.6 Å². The van der Waals surface area contributed by atoms with Gasteiger partial charge >= 0.3 is 5.97 Å². The van der Waals surface area contributed by atoms with E-state index >= 15 is 0 Å². The first-order valence-corrected chi connectivity index (χ1v) is 13.7. The van der Waals surface area contributed by atoms with Gasteiger partial charge in [0.1, 0.15) is 11.9 Å². The number of aliphatic carboxylic acids is 1. The number of nitrogens with one attached hydrogen (secondary N) is 2. The Labute approximate surface area is 224 Å². The highest BCUT2D eigenvalue weighted by Crippen LogP contribution is 2.24. The van der Waals surface area contributed by atoms with Crippen LogP contribution in [0.5, 0.6) is 0 Å². The molecule has 1 amide bonds. The number of carboxylic acid groups (broad SMARTS) is 1. The fourth-order valence-corrected chi connectivity index (χ4v) is 5.49. The molecular weight excluding hydrogens is 476 g/mol. The maximum atomic E-state index is 12.9. The molecule has 2 aromatic carbocycles. The van der Waals surface area contributed by atoms with Crippen LogP contribution >= 0.6 is 0 Å². The minimum atomic E-state index is -1.000. The van der Waals surface area contributed by atoms with Crippen molar-refractivity contribution in [3.63, 3.8) is 0 Å². The number of aryl methyl sites for hydroxylation is 2. The maximum Gasteiger partial charge on any atom is 0.326 e. The third-order valence-electron chi connectivity index (χ3n) is 7.70. The molecule has 3 aromatic rings. The molecule has 2 atom stereocenters. The Morgan fingerprint density at radius 2 is 1.92 bits per heavy atom. The van der Waals surface area contributed by atoms with Gasteiger partial charge in [0.2, 0.25) is 0 Å². The Morgan fingerprint density at radius 1 is 1.08 bits per heavy atom. The summed E-state index contributed by atoms with van der Waals surface area (Å²) in [4.78, 5) is 32.0. The van der Waals surface area contributed by atoms with Crippen molar-refractivity contribution in [3.05, 3.63) is 83.6 Å². The largest absolute Gasteiger partial charge is 0.480 e. The molecule has 2 aliphatic rings. The van der Waals surface area contributed by atoms with Gasteiger partial charge in [0, 0.05) is 30.9 Å². The highest BCUT2D eigenvalue weighted by Gasteiger charge is 2.26. The summed E-state index contributed by atoms with van der Waals surface area (Å²) in [5, 5.41) is 15.9. The molecule has 3 N–H and O–H groups in total. The molecule has 0 radical (unpaired) electrons. The lowest BCUT2D eigenvalue weighted by atomic mass is 10.00. The van der Waals surface area contributed by atoms with Crippen molar-refractivity contribution >= 4 is 17.7 Å². The topological polar surface area (TPSA) is 94.6 Å². The molecule has 0 saturated carbocycles. The lowest BCUT2D eigenvalue weighted by molar-refractivity contribution is -0.139. The molecule has 3 heterocycles. The van der Waals surface area contributed by atoms with Gasteiger partial charge in [-0.15, -0.1) is 0 Å². The predicted molar refractivity (Wildman–Crippen MR) is 149 cm³/mol. The molecule has 7 heteroatoms. The summed E-state index contributed by atoms with van der Waals surface area (Å²) in [7, 11) is 0. The fourth-order valence-electron chi connectivity index (χ4n) is 5.49. The quantitative estimate of drug-likeness (QED) is 0.367. The average Bonchev–Trinajstić information content (AvgIpc) is 3.42. The van der Waals surface area contributed by atoms with E-state index in [-0.39, 0.29) is 5.91 Å². The maximum absolute atomic E-state index is 12.9. The molecule has 2 aliphatic heterocycles. The number of hydrogen-bond donors (Lipinski definition) is 3. The second-order valence-electron chi connectivity index (χ2n) is 10.4. The molecule has 7 nitrogen and oxygen atoms in total. The Kier molecular flexibility index (Phi) is 8.34. The van der Waals surface area contributed by atoms with E-state index in [1.54, 1.807) is 6.07 Å². The molecular formula is C31H36N4O3. The standard InChI is InChI=1S/C31H36N4O3/c36-30(26-9-4-8-25(20-26)23-6-2-1-3-7-23)34-28(31(37)38)16-19-35-18-15-22(21-35)11-13-27-14-12-24-10-5-17-32-29(24)33-27/h1-4,6-9,12,14,20,22,28H,5,10-11,13,15-19,21H2,(H,32,33)(H,34,36)(H,37,38)/t22-,28?/m1/s1. The van der Waals surface area contributed by atoms with Gasteiger partial charge < -0.3 is 20.6 Å². The molecule has 198 valence electrons. The predicted octanol–water partition coefficient (Wildman–Crippen LogP) is 4.63. The van der Waals surface area contributed by atoms with Crippen LogP contribution in [0.4, 0.5) is 5.82 Å². The molecule has 1 unspecified atom stereocenters. The van der Waals surface area contributed by atoms with Gasteiger partial charge in [0.15, 0.2) is 0 Å². The van der Waals surface area contributed by atoms with E-state index in [0.717, 1.165) is 68.0 Å². The van der Waals surface area contributed by atoms with Gasteiger partial charge in [-0.1, -0.05) is 48.5 Å². The molecule has 1 saturated heterocycles. The summed E-state index contributed by atoms with van der Waals surface area (Å²) >= 11 is 0. The Bertz CT molecular complexity index is 1260. The molecule has 0 bridgehead atoms. The monoisotopic (exact) mass is 512 g/mol. The number of aromatic nitrogens is 1. The number of anilines is 1. The van der Waals surface area contributed by atoms with E-state index in [2.05, 4.69) is 27.7 Å². The minimum absolute atomic E-state index is 0.360. The van der Waals surface area contributed by atoms with Crippen molar-refractivity contribution in [1.82, 2.24) is 15.2 Å². The van der Waals surface area contributed by atoms with E-state index < -0.39 is 12.0 Å². The first kappa shape index (κ1) is 25.9. The number of carbonyl (C=O) groups excluding carboxylic acids is 1. The zero-order valence-corrected chi connectivity index (χ0v) is 21.7. The van der Waals surface area contributed by atoms with Crippen LogP contribution in [0.2, 0.25) is 0 Å². The van der Waals surface area contributed by atoms with Crippen molar-refractivity contribution < 1.29 is 14.7 Å². The van der Waals surface area contributed by atoms with E-state index in [4.69, 9.17) is 4.98 Å². The lowest BCUT2D eigenvalue weighted by Gasteiger charge is -2.20. The highest BCUT2D eigenvalue weighted by atomic mass is 16.4. The number of amides is 1. The van der Waals surface area contributed by atoms with Gasteiger partial charge in [-0.3, -0.25) is 4.79 Å². The molecule has 0 aliphatic carbocycles. The van der Waals surface area contributed by atoms with Gasteiger partial charge in [-0.05, 0) is 85.9 Å². The van der Waals surface area contributed by atoms with Crippen LogP contribution in [0.25, 0.3) is 11.1 Å². The number of likely N-dealkylation sites (tertiary alicyclic amines) is 1. The lowest BCUT2D eigenvalue weighted by Crippen LogP contribution is -2.43. The third-order valence-corrected chi connectivity index (χ3v) is 7.70. The number of nitrogens with zero attached hydrogens (tertiary/aromatic N) is 2. The number of benzene rings is 2. The number of carbonyl (C=O) groups is 2. The van der Waals surface area contributed by atoms with Crippen molar-refractivity contribution in [1.29, 1.82) is 0 Å². The summed E-state index contributed by atoms with van der Waals surface area (Å²) in [6.45, 7) is 3.57. The van der Waals surface area contributed by atoms with Gasteiger partial charge in [0.25, 0.3) is 5.91 Å². The summed E-state index contributed by atoms with van der Waals surface area (Å²) < 4.78 is 0. The zero-order chi connectivity index (χ0) is 26.3. The Morgan fingerprint density at radius 3 is 2.76 bits per heavy atom. The van der Waals surface area contributed by atoms with Crippen LogP contribution < -0.4 is 10.6 Å². The van der Waals surface area contributed by atoms with Crippen LogP contribution in [0.1, 0.15) is 47.3 Å². The summed E-state index contributed by atoms with van der Waals surface area (Å²) in [5.74, 6) is 0.275. The van der Waals surface area contributed by atoms with Crippen molar-refractivity contribution in [3.8, 4) is 11.1 Å². The first-order chi connectivity index (χ1) is 18.5. The summed E-state index contributed by atoms with van der Waals surface area (Å²) in [6, 6.07) is 20.6. The smallest absolute Gasteiger partial charge is 0.326 e. The van der Waals surface area contributed by atoms with E-state index in [9.17, 15) is 14.7 Å². The number of carboxylic acids is 1. The number of fused-ring (bicyclic) bond motifs is 1. The molecule has 38 heavy (non-hydrogen) atoms. The normalized spacial score (nSPS) is 17.8. The Hall–Kier alpha value is -3.71.